The fourth-order valence-electron chi connectivity index (χ4n) is 3.45. The molecule has 0 unspecified atom stereocenters. The molecule has 1 fully saturated rings. The highest BCUT2D eigenvalue weighted by molar-refractivity contribution is 5.85. The molecule has 1 saturated carbocycles. The molecule has 0 bridgehead atoms. The lowest BCUT2D eigenvalue weighted by Gasteiger charge is -2.24. The smallest absolute Gasteiger partial charge is 0.0212 e. The van der Waals surface area contributed by atoms with Crippen molar-refractivity contribution in [2.45, 2.75) is 38.3 Å². The van der Waals surface area contributed by atoms with Crippen LogP contribution in [0.5, 0.6) is 0 Å². The van der Waals surface area contributed by atoms with Crippen LogP contribution in [0.3, 0.4) is 0 Å². The van der Waals surface area contributed by atoms with Crippen molar-refractivity contribution in [3.8, 4) is 0 Å². The SMILES string of the molecule is CN(CCNCc1cccc2ccccc12)C1CCCC1. The van der Waals surface area contributed by atoms with E-state index in [1.54, 1.807) is 0 Å². The summed E-state index contributed by atoms with van der Waals surface area (Å²) in [5.41, 5.74) is 1.40. The maximum absolute atomic E-state index is 3.61. The van der Waals surface area contributed by atoms with Gasteiger partial charge in [0.15, 0.2) is 0 Å². The Kier molecular flexibility index (Phi) is 4.89. The Balaban J connectivity index is 1.50. The number of nitrogens with one attached hydrogen (secondary N) is 1. The molecule has 112 valence electrons. The Hall–Kier alpha value is -1.38. The predicted octanol–water partition coefficient (Wildman–Crippen LogP) is 3.80. The summed E-state index contributed by atoms with van der Waals surface area (Å²) < 4.78 is 0. The maximum Gasteiger partial charge on any atom is 0.0212 e. The van der Waals surface area contributed by atoms with E-state index in [0.29, 0.717) is 0 Å². The van der Waals surface area contributed by atoms with Crippen LogP contribution in [0.2, 0.25) is 0 Å². The first kappa shape index (κ1) is 14.6. The largest absolute Gasteiger partial charge is 0.311 e. The standard InChI is InChI=1S/C19H26N2/c1-21(18-10-3-4-11-18)14-13-20-15-17-9-6-8-16-7-2-5-12-19(16)17/h2,5-9,12,18,20H,3-4,10-11,13-15H2,1H3. The minimum atomic E-state index is 0.823. The normalized spacial score (nSPS) is 16.1. The molecule has 1 aliphatic rings. The number of rotatable bonds is 6. The van der Waals surface area contributed by atoms with Crippen LogP contribution in [0.1, 0.15) is 31.2 Å². The lowest BCUT2D eigenvalue weighted by Crippen LogP contribution is -2.35. The summed E-state index contributed by atoms with van der Waals surface area (Å²) >= 11 is 0. The number of hydrogen-bond acceptors (Lipinski definition) is 2. The Labute approximate surface area is 128 Å². The van der Waals surface area contributed by atoms with Gasteiger partial charge in [0.2, 0.25) is 0 Å². The third kappa shape index (κ3) is 3.63. The van der Waals surface area contributed by atoms with E-state index >= 15 is 0 Å². The number of benzene rings is 2. The molecule has 0 aliphatic heterocycles. The van der Waals surface area contributed by atoms with E-state index in [9.17, 15) is 0 Å². The lowest BCUT2D eigenvalue weighted by molar-refractivity contribution is 0.245. The summed E-state index contributed by atoms with van der Waals surface area (Å²) in [6.07, 6.45) is 5.61. The topological polar surface area (TPSA) is 15.3 Å². The van der Waals surface area contributed by atoms with Crippen LogP contribution in [-0.4, -0.2) is 31.1 Å². The second kappa shape index (κ2) is 7.06. The van der Waals surface area contributed by atoms with E-state index in [2.05, 4.69) is 59.7 Å². The molecule has 3 rings (SSSR count). The molecule has 0 heterocycles. The van der Waals surface area contributed by atoms with Crippen molar-refractivity contribution >= 4 is 10.8 Å². The molecule has 0 amide bonds. The molecule has 2 aromatic carbocycles. The molecular formula is C19H26N2. The third-order valence-corrected chi connectivity index (χ3v) is 4.78. The van der Waals surface area contributed by atoms with Gasteiger partial charge in [0, 0.05) is 25.7 Å². The van der Waals surface area contributed by atoms with Crippen molar-refractivity contribution in [2.24, 2.45) is 0 Å². The van der Waals surface area contributed by atoms with Crippen molar-refractivity contribution < 1.29 is 0 Å². The molecule has 2 aromatic rings. The molecule has 0 aromatic heterocycles. The van der Waals surface area contributed by atoms with E-state index in [1.165, 1.54) is 42.0 Å². The maximum atomic E-state index is 3.61. The van der Waals surface area contributed by atoms with Crippen LogP contribution in [0.15, 0.2) is 42.5 Å². The molecule has 0 radical (unpaired) electrons. The molecule has 1 aliphatic carbocycles. The number of likely N-dealkylation sites (N-methyl/N-ethyl adjacent to an activating group) is 1. The second-order valence-electron chi connectivity index (χ2n) is 6.23. The zero-order valence-corrected chi connectivity index (χ0v) is 13.0. The minimum absolute atomic E-state index is 0.823. The first-order chi connectivity index (χ1) is 10.3. The van der Waals surface area contributed by atoms with Crippen molar-refractivity contribution in [2.75, 3.05) is 20.1 Å². The summed E-state index contributed by atoms with van der Waals surface area (Å²) in [4.78, 5) is 2.53. The molecule has 0 spiro atoms. The van der Waals surface area contributed by atoms with Gasteiger partial charge in [-0.05, 0) is 36.2 Å². The number of nitrogens with zero attached hydrogens (tertiary/aromatic N) is 1. The van der Waals surface area contributed by atoms with Gasteiger partial charge in [-0.3, -0.25) is 0 Å². The summed E-state index contributed by atoms with van der Waals surface area (Å²) in [6, 6.07) is 16.0. The van der Waals surface area contributed by atoms with Gasteiger partial charge >= 0.3 is 0 Å². The summed E-state index contributed by atoms with van der Waals surface area (Å²) in [7, 11) is 2.27. The molecule has 21 heavy (non-hydrogen) atoms. The predicted molar refractivity (Wildman–Crippen MR) is 90.5 cm³/mol. The number of hydrogen-bond donors (Lipinski definition) is 1. The van der Waals surface area contributed by atoms with E-state index in [0.717, 1.165) is 25.7 Å². The monoisotopic (exact) mass is 282 g/mol. The highest BCUT2D eigenvalue weighted by Crippen LogP contribution is 2.22. The number of fused-ring (bicyclic) bond motifs is 1. The summed E-state index contributed by atoms with van der Waals surface area (Å²) in [5, 5.41) is 6.31. The van der Waals surface area contributed by atoms with E-state index < -0.39 is 0 Å². The van der Waals surface area contributed by atoms with Crippen molar-refractivity contribution in [3.63, 3.8) is 0 Å². The fourth-order valence-corrected chi connectivity index (χ4v) is 3.45. The van der Waals surface area contributed by atoms with Gasteiger partial charge in [0.05, 0.1) is 0 Å². The van der Waals surface area contributed by atoms with Crippen LogP contribution >= 0.6 is 0 Å². The third-order valence-electron chi connectivity index (χ3n) is 4.78. The van der Waals surface area contributed by atoms with Crippen molar-refractivity contribution in [1.29, 1.82) is 0 Å². The Bertz CT molecular complexity index is 567. The van der Waals surface area contributed by atoms with Crippen LogP contribution in [0.4, 0.5) is 0 Å². The highest BCUT2D eigenvalue weighted by atomic mass is 15.1. The second-order valence-corrected chi connectivity index (χ2v) is 6.23. The van der Waals surface area contributed by atoms with Gasteiger partial charge < -0.3 is 10.2 Å². The Morgan fingerprint density at radius 3 is 2.67 bits per heavy atom. The highest BCUT2D eigenvalue weighted by Gasteiger charge is 2.18. The molecule has 2 heteroatoms. The Morgan fingerprint density at radius 2 is 1.81 bits per heavy atom. The van der Waals surface area contributed by atoms with E-state index in [4.69, 9.17) is 0 Å². The minimum Gasteiger partial charge on any atom is -0.311 e. The van der Waals surface area contributed by atoms with Crippen molar-refractivity contribution in [1.82, 2.24) is 10.2 Å². The van der Waals surface area contributed by atoms with Crippen LogP contribution < -0.4 is 5.32 Å². The molecular weight excluding hydrogens is 256 g/mol. The molecule has 0 atom stereocenters. The average molecular weight is 282 g/mol. The molecule has 1 N–H and O–H groups in total. The van der Waals surface area contributed by atoms with Crippen LogP contribution in [-0.2, 0) is 6.54 Å². The molecule has 2 nitrogen and oxygen atoms in total. The van der Waals surface area contributed by atoms with Gasteiger partial charge in [0.1, 0.15) is 0 Å². The summed E-state index contributed by atoms with van der Waals surface area (Å²) in [5.74, 6) is 0. The van der Waals surface area contributed by atoms with Gasteiger partial charge in [-0.25, -0.2) is 0 Å². The van der Waals surface area contributed by atoms with E-state index in [1.807, 2.05) is 0 Å². The quantitative estimate of drug-likeness (QED) is 0.811. The first-order valence-electron chi connectivity index (χ1n) is 8.22. The average Bonchev–Trinajstić information content (AvgIpc) is 3.06. The Morgan fingerprint density at radius 1 is 1.05 bits per heavy atom. The van der Waals surface area contributed by atoms with Crippen LogP contribution in [0.25, 0.3) is 10.8 Å². The van der Waals surface area contributed by atoms with E-state index in [-0.39, 0.29) is 0 Å². The van der Waals surface area contributed by atoms with Crippen LogP contribution in [0, 0.1) is 0 Å². The van der Waals surface area contributed by atoms with Gasteiger partial charge in [-0.2, -0.15) is 0 Å². The molecule has 0 saturated heterocycles. The van der Waals surface area contributed by atoms with Gasteiger partial charge in [-0.1, -0.05) is 55.3 Å². The lowest BCUT2D eigenvalue weighted by atomic mass is 10.0. The first-order valence-corrected chi connectivity index (χ1v) is 8.22. The fraction of sp³-hybridized carbons (Fsp3) is 0.474. The summed E-state index contributed by atoms with van der Waals surface area (Å²) in [6.45, 7) is 3.17. The van der Waals surface area contributed by atoms with Gasteiger partial charge in [0.25, 0.3) is 0 Å². The van der Waals surface area contributed by atoms with Crippen molar-refractivity contribution in [3.05, 3.63) is 48.0 Å². The zero-order chi connectivity index (χ0) is 14.5. The zero-order valence-electron chi connectivity index (χ0n) is 13.0. The van der Waals surface area contributed by atoms with Gasteiger partial charge in [-0.15, -0.1) is 0 Å².